The van der Waals surface area contributed by atoms with Crippen molar-refractivity contribution in [2.45, 2.75) is 47.3 Å². The van der Waals surface area contributed by atoms with Crippen LogP contribution >= 0.6 is 34.9 Å². The van der Waals surface area contributed by atoms with Crippen LogP contribution in [0.15, 0.2) is 82.6 Å². The Morgan fingerprint density at radius 1 is 1.07 bits per heavy atom. The Morgan fingerprint density at radius 2 is 1.90 bits per heavy atom. The van der Waals surface area contributed by atoms with Crippen molar-refractivity contribution in [3.63, 3.8) is 0 Å². The number of hydrogen-bond donors (Lipinski definition) is 2. The topological polar surface area (TPSA) is 87.7 Å². The summed E-state index contributed by atoms with van der Waals surface area (Å²) in [5.41, 5.74) is 3.05. The Bertz CT molecular complexity index is 1600. The number of hydrogen-bond acceptors (Lipinski definition) is 7. The van der Waals surface area contributed by atoms with Gasteiger partial charge in [0.05, 0.1) is 35.4 Å². The number of benzene rings is 2. The van der Waals surface area contributed by atoms with Crippen LogP contribution in [0.3, 0.4) is 0 Å². The van der Waals surface area contributed by atoms with E-state index in [0.29, 0.717) is 22.2 Å². The van der Waals surface area contributed by atoms with Crippen molar-refractivity contribution in [3.05, 3.63) is 88.8 Å². The molecule has 3 unspecified atom stereocenters. The standard InChI is InChI=1S/C32H31N3O4S3/c1-19-14-15-22-27(16-19)42-30(29(22)31(37)39-2)34-28(36)18-40-21-9-7-8-20(17-21)33-32(38)35-23-10-3-5-12-25(23)41-26-13-6-4-11-24(26)35/h3-13,17,19,23,25H,14-16,18H2,1-2H3,(H,33,38)(H,34,36). The quantitative estimate of drug-likeness (QED) is 0.221. The molecule has 3 atom stereocenters. The van der Waals surface area contributed by atoms with Gasteiger partial charge in [0.15, 0.2) is 0 Å². The molecule has 10 heteroatoms. The third-order valence-corrected chi connectivity index (χ3v) is 11.0. The predicted octanol–water partition coefficient (Wildman–Crippen LogP) is 7.40. The van der Waals surface area contributed by atoms with Crippen molar-refractivity contribution in [2.24, 2.45) is 5.92 Å². The predicted molar refractivity (Wildman–Crippen MR) is 172 cm³/mol. The number of carbonyl (C=O) groups is 3. The number of urea groups is 1. The van der Waals surface area contributed by atoms with E-state index in [-0.39, 0.29) is 29.0 Å². The summed E-state index contributed by atoms with van der Waals surface area (Å²) in [6.07, 6.45) is 10.9. The molecular formula is C32H31N3O4S3. The average Bonchev–Trinajstić information content (AvgIpc) is 3.35. The number of para-hydroxylation sites is 1. The van der Waals surface area contributed by atoms with Gasteiger partial charge < -0.3 is 15.4 Å². The Morgan fingerprint density at radius 3 is 2.76 bits per heavy atom. The van der Waals surface area contributed by atoms with Crippen molar-refractivity contribution >= 4 is 69.1 Å². The Kier molecular flexibility index (Phi) is 8.46. The number of carbonyl (C=O) groups excluding carboxylic acids is 3. The number of nitrogens with zero attached hydrogens (tertiary/aromatic N) is 1. The molecule has 0 saturated heterocycles. The number of methoxy groups -OCH3 is 1. The minimum atomic E-state index is -0.408. The van der Waals surface area contributed by atoms with Gasteiger partial charge in [-0.05, 0) is 61.1 Å². The van der Waals surface area contributed by atoms with Crippen molar-refractivity contribution in [3.8, 4) is 0 Å². The SMILES string of the molecule is COC(=O)c1c(NC(=O)CSc2cccc(NC(=O)N3c4ccccc4SC4C=CC=CC43)c2)sc2c1CCC(C)C2. The number of amides is 3. The molecule has 0 fully saturated rings. The second kappa shape index (κ2) is 12.4. The molecular weight excluding hydrogens is 587 g/mol. The molecule has 2 N–H and O–H groups in total. The molecule has 3 amide bonds. The maximum absolute atomic E-state index is 13.6. The van der Waals surface area contributed by atoms with E-state index in [9.17, 15) is 14.4 Å². The monoisotopic (exact) mass is 617 g/mol. The minimum Gasteiger partial charge on any atom is -0.465 e. The van der Waals surface area contributed by atoms with Gasteiger partial charge in [0.25, 0.3) is 0 Å². The van der Waals surface area contributed by atoms with Gasteiger partial charge >= 0.3 is 12.0 Å². The van der Waals surface area contributed by atoms with Crippen LogP contribution in [0.1, 0.15) is 34.1 Å². The molecule has 3 aromatic rings. The first-order valence-corrected chi connectivity index (χ1v) is 16.6. The minimum absolute atomic E-state index is 0.0860. The van der Waals surface area contributed by atoms with Gasteiger partial charge in [0.2, 0.25) is 5.91 Å². The normalized spacial score (nSPS) is 20.2. The van der Waals surface area contributed by atoms with Crippen LogP contribution in [-0.2, 0) is 22.4 Å². The Balaban J connectivity index is 1.12. The van der Waals surface area contributed by atoms with Crippen molar-refractivity contribution in [2.75, 3.05) is 28.4 Å². The van der Waals surface area contributed by atoms with Gasteiger partial charge in [-0.3, -0.25) is 9.69 Å². The van der Waals surface area contributed by atoms with Crippen LogP contribution in [0.4, 0.5) is 21.2 Å². The molecule has 216 valence electrons. The Labute approximate surface area is 257 Å². The molecule has 7 nitrogen and oxygen atoms in total. The third kappa shape index (κ3) is 5.88. The third-order valence-electron chi connectivity index (χ3n) is 7.57. The zero-order valence-electron chi connectivity index (χ0n) is 23.3. The molecule has 0 saturated carbocycles. The Hall–Kier alpha value is -3.47. The number of thioether (sulfide) groups is 2. The summed E-state index contributed by atoms with van der Waals surface area (Å²) >= 11 is 4.62. The molecule has 6 rings (SSSR count). The molecule has 0 spiro atoms. The maximum Gasteiger partial charge on any atom is 0.341 e. The van der Waals surface area contributed by atoms with Crippen LogP contribution < -0.4 is 15.5 Å². The summed E-state index contributed by atoms with van der Waals surface area (Å²) in [5, 5.41) is 6.74. The van der Waals surface area contributed by atoms with Gasteiger partial charge in [-0.15, -0.1) is 34.9 Å². The lowest BCUT2D eigenvalue weighted by atomic mass is 9.88. The van der Waals surface area contributed by atoms with Crippen LogP contribution in [0.2, 0.25) is 0 Å². The lowest BCUT2D eigenvalue weighted by molar-refractivity contribution is -0.113. The largest absolute Gasteiger partial charge is 0.465 e. The number of fused-ring (bicyclic) bond motifs is 3. The average molecular weight is 618 g/mol. The second-order valence-electron chi connectivity index (χ2n) is 10.5. The van der Waals surface area contributed by atoms with Crippen LogP contribution in [-0.4, -0.2) is 42.1 Å². The van der Waals surface area contributed by atoms with Crippen LogP contribution in [0, 0.1) is 5.92 Å². The molecule has 0 bridgehead atoms. The van der Waals surface area contributed by atoms with Gasteiger partial charge in [-0.1, -0.05) is 49.4 Å². The lowest BCUT2D eigenvalue weighted by Gasteiger charge is -2.40. The van der Waals surface area contributed by atoms with E-state index in [1.165, 1.54) is 30.2 Å². The smallest absolute Gasteiger partial charge is 0.341 e. The van der Waals surface area contributed by atoms with Crippen molar-refractivity contribution in [1.29, 1.82) is 0 Å². The van der Waals surface area contributed by atoms with Gasteiger partial charge in [0.1, 0.15) is 5.00 Å². The highest BCUT2D eigenvalue weighted by Crippen LogP contribution is 2.44. The molecule has 42 heavy (non-hydrogen) atoms. The lowest BCUT2D eigenvalue weighted by Crippen LogP contribution is -2.49. The molecule has 2 heterocycles. The zero-order chi connectivity index (χ0) is 29.2. The number of allylic oxidation sites excluding steroid dienone is 2. The molecule has 1 aliphatic heterocycles. The number of nitrogens with one attached hydrogen (secondary N) is 2. The number of ether oxygens (including phenoxy) is 1. The molecule has 0 radical (unpaired) electrons. The highest BCUT2D eigenvalue weighted by atomic mass is 32.2. The molecule has 3 aliphatic rings. The first-order valence-electron chi connectivity index (χ1n) is 13.9. The maximum atomic E-state index is 13.6. The van der Waals surface area contributed by atoms with Gasteiger partial charge in [-0.2, -0.15) is 0 Å². The first-order chi connectivity index (χ1) is 20.4. The number of rotatable bonds is 6. The summed E-state index contributed by atoms with van der Waals surface area (Å²) in [6, 6.07) is 15.2. The summed E-state index contributed by atoms with van der Waals surface area (Å²) in [4.78, 5) is 44.1. The van der Waals surface area contributed by atoms with E-state index in [0.717, 1.165) is 45.2 Å². The highest BCUT2D eigenvalue weighted by molar-refractivity contribution is 8.00. The summed E-state index contributed by atoms with van der Waals surface area (Å²) in [7, 11) is 1.37. The van der Waals surface area contributed by atoms with E-state index in [4.69, 9.17) is 4.74 Å². The second-order valence-corrected chi connectivity index (χ2v) is 13.9. The fourth-order valence-electron chi connectivity index (χ4n) is 5.54. The van der Waals surface area contributed by atoms with Gasteiger partial charge in [-0.25, -0.2) is 9.59 Å². The fraction of sp³-hybridized carbons (Fsp3) is 0.281. The molecule has 2 aromatic carbocycles. The number of thiophene rings is 1. The molecule has 1 aromatic heterocycles. The van der Waals surface area contributed by atoms with Crippen LogP contribution in [0.5, 0.6) is 0 Å². The van der Waals surface area contributed by atoms with E-state index in [1.807, 2.05) is 65.6 Å². The van der Waals surface area contributed by atoms with E-state index >= 15 is 0 Å². The van der Waals surface area contributed by atoms with E-state index in [2.05, 4.69) is 29.7 Å². The zero-order valence-corrected chi connectivity index (χ0v) is 25.7. The fourth-order valence-corrected chi connectivity index (χ4v) is 8.97. The van der Waals surface area contributed by atoms with Gasteiger partial charge in [0, 0.05) is 20.4 Å². The number of esters is 1. The van der Waals surface area contributed by atoms with Crippen LogP contribution in [0.25, 0.3) is 0 Å². The first kappa shape index (κ1) is 28.6. The number of anilines is 3. The summed E-state index contributed by atoms with van der Waals surface area (Å²) in [6.45, 7) is 2.21. The van der Waals surface area contributed by atoms with E-state index < -0.39 is 5.97 Å². The summed E-state index contributed by atoms with van der Waals surface area (Å²) < 4.78 is 5.04. The highest BCUT2D eigenvalue weighted by Gasteiger charge is 2.36. The van der Waals surface area contributed by atoms with Crippen molar-refractivity contribution < 1.29 is 19.1 Å². The summed E-state index contributed by atoms with van der Waals surface area (Å²) in [5.74, 6) is 0.106. The van der Waals surface area contributed by atoms with Crippen molar-refractivity contribution in [1.82, 2.24) is 0 Å². The molecule has 2 aliphatic carbocycles. The van der Waals surface area contributed by atoms with E-state index in [1.54, 1.807) is 11.8 Å².